The third-order valence-corrected chi connectivity index (χ3v) is 3.40. The van der Waals surface area contributed by atoms with Crippen molar-refractivity contribution in [2.24, 2.45) is 0 Å². The number of benzene rings is 1. The molecule has 2 N–H and O–H groups in total. The Morgan fingerprint density at radius 2 is 1.84 bits per heavy atom. The fourth-order valence-corrected chi connectivity index (χ4v) is 2.33. The number of halogens is 2. The van der Waals surface area contributed by atoms with E-state index in [1.165, 1.54) is 0 Å². The van der Waals surface area contributed by atoms with Crippen molar-refractivity contribution in [1.82, 2.24) is 5.32 Å². The molecule has 0 bridgehead atoms. The van der Waals surface area contributed by atoms with Crippen LogP contribution in [0.3, 0.4) is 0 Å². The Morgan fingerprint density at radius 3 is 2.37 bits per heavy atom. The second kappa shape index (κ2) is 4.95. The minimum atomic E-state index is -1.34. The fourth-order valence-electron chi connectivity index (χ4n) is 2.33. The first kappa shape index (κ1) is 13.5. The number of aliphatic carboxylic acids is 1. The SMILES string of the molecule is O=C(NC1(C(=O)O)CCCC1)c1ccc(F)cc1F. The van der Waals surface area contributed by atoms with Gasteiger partial charge in [0.2, 0.25) is 0 Å². The molecular formula is C13H13F2NO3. The molecule has 4 nitrogen and oxygen atoms in total. The van der Waals surface area contributed by atoms with E-state index >= 15 is 0 Å². The second-order valence-corrected chi connectivity index (χ2v) is 4.67. The average Bonchev–Trinajstić information content (AvgIpc) is 2.78. The summed E-state index contributed by atoms with van der Waals surface area (Å²) in [6.07, 6.45) is 2.02. The van der Waals surface area contributed by atoms with Gasteiger partial charge in [-0.25, -0.2) is 13.6 Å². The Hall–Kier alpha value is -1.98. The van der Waals surface area contributed by atoms with Crippen LogP contribution in [-0.4, -0.2) is 22.5 Å². The van der Waals surface area contributed by atoms with Crippen LogP contribution in [0.2, 0.25) is 0 Å². The van der Waals surface area contributed by atoms with Crippen LogP contribution >= 0.6 is 0 Å². The molecule has 1 aliphatic rings. The van der Waals surface area contributed by atoms with Crippen LogP contribution in [0.25, 0.3) is 0 Å². The molecule has 1 aliphatic carbocycles. The number of carbonyl (C=O) groups excluding carboxylic acids is 1. The molecule has 2 rings (SSSR count). The van der Waals surface area contributed by atoms with Crippen molar-refractivity contribution >= 4 is 11.9 Å². The largest absolute Gasteiger partial charge is 0.480 e. The number of carboxylic acid groups (broad SMARTS) is 1. The van der Waals surface area contributed by atoms with Gasteiger partial charge in [0.25, 0.3) is 5.91 Å². The summed E-state index contributed by atoms with van der Waals surface area (Å²) in [6, 6.07) is 2.56. The Labute approximate surface area is 108 Å². The fraction of sp³-hybridized carbons (Fsp3) is 0.385. The molecule has 0 aliphatic heterocycles. The minimum Gasteiger partial charge on any atom is -0.480 e. The van der Waals surface area contributed by atoms with E-state index < -0.39 is 29.0 Å². The predicted octanol–water partition coefficient (Wildman–Crippen LogP) is 2.09. The Morgan fingerprint density at radius 1 is 1.21 bits per heavy atom. The minimum absolute atomic E-state index is 0.316. The monoisotopic (exact) mass is 269 g/mol. The summed E-state index contributed by atoms with van der Waals surface area (Å²) in [7, 11) is 0. The van der Waals surface area contributed by atoms with Gasteiger partial charge in [-0.05, 0) is 25.0 Å². The molecule has 0 heterocycles. The van der Waals surface area contributed by atoms with Crippen LogP contribution in [0.4, 0.5) is 8.78 Å². The van der Waals surface area contributed by atoms with Gasteiger partial charge in [0.05, 0.1) is 5.56 Å². The van der Waals surface area contributed by atoms with E-state index in [0.717, 1.165) is 12.1 Å². The van der Waals surface area contributed by atoms with Crippen LogP contribution in [-0.2, 0) is 4.79 Å². The van der Waals surface area contributed by atoms with Crippen LogP contribution in [0.1, 0.15) is 36.0 Å². The van der Waals surface area contributed by atoms with Crippen molar-refractivity contribution in [3.8, 4) is 0 Å². The van der Waals surface area contributed by atoms with Crippen molar-refractivity contribution in [3.63, 3.8) is 0 Å². The molecule has 0 radical (unpaired) electrons. The summed E-state index contributed by atoms with van der Waals surface area (Å²) in [5, 5.41) is 11.6. The smallest absolute Gasteiger partial charge is 0.329 e. The Bertz CT molecular complexity index is 525. The normalized spacial score (nSPS) is 17.2. The summed E-state index contributed by atoms with van der Waals surface area (Å²) in [6.45, 7) is 0. The lowest BCUT2D eigenvalue weighted by atomic mass is 9.97. The Balaban J connectivity index is 2.22. The van der Waals surface area contributed by atoms with Crippen molar-refractivity contribution < 1.29 is 23.5 Å². The third-order valence-electron chi connectivity index (χ3n) is 3.40. The first-order valence-corrected chi connectivity index (χ1v) is 5.95. The van der Waals surface area contributed by atoms with E-state index in [9.17, 15) is 23.5 Å². The standard InChI is InChI=1S/C13H13F2NO3/c14-8-3-4-9(10(15)7-8)11(17)16-13(12(18)19)5-1-2-6-13/h3-4,7H,1-2,5-6H2,(H,16,17)(H,18,19). The van der Waals surface area contributed by atoms with Crippen molar-refractivity contribution in [1.29, 1.82) is 0 Å². The highest BCUT2D eigenvalue weighted by Crippen LogP contribution is 2.30. The van der Waals surface area contributed by atoms with Crippen LogP contribution < -0.4 is 5.32 Å². The van der Waals surface area contributed by atoms with Gasteiger partial charge in [-0.1, -0.05) is 12.8 Å². The molecule has 1 aromatic carbocycles. The molecule has 0 atom stereocenters. The molecule has 1 fully saturated rings. The number of rotatable bonds is 3. The van der Waals surface area contributed by atoms with Crippen molar-refractivity contribution in [2.45, 2.75) is 31.2 Å². The van der Waals surface area contributed by atoms with Crippen LogP contribution in [0.15, 0.2) is 18.2 Å². The van der Waals surface area contributed by atoms with Gasteiger partial charge < -0.3 is 10.4 Å². The molecule has 0 spiro atoms. The average molecular weight is 269 g/mol. The number of nitrogens with one attached hydrogen (secondary N) is 1. The molecule has 0 saturated heterocycles. The van der Waals surface area contributed by atoms with E-state index in [1.54, 1.807) is 0 Å². The number of carbonyl (C=O) groups is 2. The lowest BCUT2D eigenvalue weighted by molar-refractivity contribution is -0.144. The van der Waals surface area contributed by atoms with E-state index in [2.05, 4.69) is 5.32 Å². The van der Waals surface area contributed by atoms with Gasteiger partial charge in [-0.2, -0.15) is 0 Å². The quantitative estimate of drug-likeness (QED) is 0.883. The summed E-state index contributed by atoms with van der Waals surface area (Å²) >= 11 is 0. The summed E-state index contributed by atoms with van der Waals surface area (Å²) < 4.78 is 26.2. The van der Waals surface area contributed by atoms with Gasteiger partial charge in [-0.3, -0.25) is 4.79 Å². The molecule has 102 valence electrons. The first-order chi connectivity index (χ1) is 8.94. The van der Waals surface area contributed by atoms with Gasteiger partial charge in [0.1, 0.15) is 17.2 Å². The summed E-state index contributed by atoms with van der Waals surface area (Å²) in [4.78, 5) is 23.2. The van der Waals surface area contributed by atoms with Crippen LogP contribution in [0, 0.1) is 11.6 Å². The van der Waals surface area contributed by atoms with Gasteiger partial charge in [-0.15, -0.1) is 0 Å². The lowest BCUT2D eigenvalue weighted by Gasteiger charge is -2.25. The highest BCUT2D eigenvalue weighted by molar-refractivity contribution is 5.98. The first-order valence-electron chi connectivity index (χ1n) is 5.95. The van der Waals surface area contributed by atoms with Crippen LogP contribution in [0.5, 0.6) is 0 Å². The third kappa shape index (κ3) is 2.57. The van der Waals surface area contributed by atoms with E-state index in [4.69, 9.17) is 0 Å². The maximum Gasteiger partial charge on any atom is 0.329 e. The number of amides is 1. The zero-order valence-electron chi connectivity index (χ0n) is 10.1. The summed E-state index contributed by atoms with van der Waals surface area (Å²) in [5.41, 5.74) is -1.69. The predicted molar refractivity (Wildman–Crippen MR) is 62.7 cm³/mol. The van der Waals surface area contributed by atoms with Crippen molar-refractivity contribution in [2.75, 3.05) is 0 Å². The van der Waals surface area contributed by atoms with Gasteiger partial charge >= 0.3 is 5.97 Å². The molecule has 1 aromatic rings. The molecule has 0 unspecified atom stereocenters. The number of hydrogen-bond donors (Lipinski definition) is 2. The topological polar surface area (TPSA) is 66.4 Å². The van der Waals surface area contributed by atoms with E-state index in [0.29, 0.717) is 31.7 Å². The van der Waals surface area contributed by atoms with Gasteiger partial charge in [0.15, 0.2) is 0 Å². The maximum absolute atomic E-state index is 13.5. The molecule has 6 heteroatoms. The molecule has 1 saturated carbocycles. The van der Waals surface area contributed by atoms with Crippen molar-refractivity contribution in [3.05, 3.63) is 35.4 Å². The molecule has 0 aromatic heterocycles. The van der Waals surface area contributed by atoms with E-state index in [1.807, 2.05) is 0 Å². The highest BCUT2D eigenvalue weighted by Gasteiger charge is 2.42. The highest BCUT2D eigenvalue weighted by atomic mass is 19.1. The number of carboxylic acids is 1. The molecular weight excluding hydrogens is 256 g/mol. The zero-order valence-corrected chi connectivity index (χ0v) is 10.1. The Kier molecular flexibility index (Phi) is 3.50. The van der Waals surface area contributed by atoms with E-state index in [-0.39, 0.29) is 5.56 Å². The zero-order chi connectivity index (χ0) is 14.0. The van der Waals surface area contributed by atoms with Gasteiger partial charge in [0, 0.05) is 6.07 Å². The number of hydrogen-bond acceptors (Lipinski definition) is 2. The second-order valence-electron chi connectivity index (χ2n) is 4.67. The molecule has 19 heavy (non-hydrogen) atoms. The summed E-state index contributed by atoms with van der Waals surface area (Å²) in [5.74, 6) is -3.75. The molecule has 1 amide bonds. The maximum atomic E-state index is 13.5. The lowest BCUT2D eigenvalue weighted by Crippen LogP contribution is -2.52.